The second-order valence-corrected chi connectivity index (χ2v) is 3.44. The Bertz CT molecular complexity index is 364. The van der Waals surface area contributed by atoms with Crippen LogP contribution in [0.4, 0.5) is 11.4 Å². The highest BCUT2D eigenvalue weighted by atomic mass is 16.6. The molecule has 0 atom stereocenters. The largest absolute Gasteiger partial charge is 0.490 e. The average molecular weight is 210 g/mol. The smallest absolute Gasteiger partial charge is 0.312 e. The third-order valence-corrected chi connectivity index (χ3v) is 1.83. The van der Waals surface area contributed by atoms with Crippen LogP contribution in [0.25, 0.3) is 0 Å². The van der Waals surface area contributed by atoms with Crippen LogP contribution in [0.2, 0.25) is 0 Å². The third kappa shape index (κ3) is 2.83. The number of methoxy groups -OCH3 is 1. The van der Waals surface area contributed by atoms with Gasteiger partial charge in [-0.2, -0.15) is 0 Å². The van der Waals surface area contributed by atoms with Gasteiger partial charge in [0.1, 0.15) is 0 Å². The minimum Gasteiger partial charge on any atom is -0.490 e. The van der Waals surface area contributed by atoms with Gasteiger partial charge in [0.15, 0.2) is 5.75 Å². The Kier molecular flexibility index (Phi) is 3.49. The maximum absolute atomic E-state index is 10.7. The van der Waals surface area contributed by atoms with E-state index in [2.05, 4.69) is 5.32 Å². The van der Waals surface area contributed by atoms with Gasteiger partial charge in [0.25, 0.3) is 0 Å². The van der Waals surface area contributed by atoms with Crippen molar-refractivity contribution in [2.45, 2.75) is 19.9 Å². The predicted molar refractivity (Wildman–Crippen MR) is 58.4 cm³/mol. The van der Waals surface area contributed by atoms with Crippen molar-refractivity contribution in [3.05, 3.63) is 28.3 Å². The van der Waals surface area contributed by atoms with Crippen LogP contribution in [0.1, 0.15) is 13.8 Å². The van der Waals surface area contributed by atoms with Crippen LogP contribution < -0.4 is 10.1 Å². The molecule has 0 unspecified atom stereocenters. The highest BCUT2D eigenvalue weighted by Crippen LogP contribution is 2.29. The molecule has 0 heterocycles. The highest BCUT2D eigenvalue weighted by Gasteiger charge is 2.15. The number of hydrogen-bond donors (Lipinski definition) is 1. The number of benzene rings is 1. The van der Waals surface area contributed by atoms with Crippen molar-refractivity contribution in [2.24, 2.45) is 0 Å². The van der Waals surface area contributed by atoms with E-state index in [1.807, 2.05) is 13.8 Å². The number of ether oxygens (including phenoxy) is 1. The fourth-order valence-corrected chi connectivity index (χ4v) is 1.26. The molecule has 0 saturated heterocycles. The lowest BCUT2D eigenvalue weighted by Gasteiger charge is -2.10. The molecule has 0 saturated carbocycles. The van der Waals surface area contributed by atoms with Gasteiger partial charge >= 0.3 is 5.69 Å². The van der Waals surface area contributed by atoms with E-state index in [0.717, 1.165) is 5.69 Å². The topological polar surface area (TPSA) is 64.4 Å². The zero-order chi connectivity index (χ0) is 11.4. The number of anilines is 1. The maximum Gasteiger partial charge on any atom is 0.312 e. The first kappa shape index (κ1) is 11.3. The Morgan fingerprint density at radius 1 is 1.47 bits per heavy atom. The molecule has 0 aliphatic rings. The maximum atomic E-state index is 10.7. The standard InChI is InChI=1S/C10H14N2O3/c1-7(2)11-8-4-5-10(15-3)9(6-8)12(13)14/h4-7,11H,1-3H3. The van der Waals surface area contributed by atoms with E-state index < -0.39 is 4.92 Å². The fraction of sp³-hybridized carbons (Fsp3) is 0.400. The van der Waals surface area contributed by atoms with Crippen LogP contribution >= 0.6 is 0 Å². The summed E-state index contributed by atoms with van der Waals surface area (Å²) in [5.41, 5.74) is 0.695. The van der Waals surface area contributed by atoms with Crippen molar-refractivity contribution in [3.63, 3.8) is 0 Å². The SMILES string of the molecule is COc1ccc(NC(C)C)cc1[N+](=O)[O-]. The van der Waals surface area contributed by atoms with Crippen LogP contribution in [0, 0.1) is 10.1 Å². The zero-order valence-corrected chi connectivity index (χ0v) is 8.98. The monoisotopic (exact) mass is 210 g/mol. The molecule has 0 aromatic heterocycles. The van der Waals surface area contributed by atoms with Crippen molar-refractivity contribution in [2.75, 3.05) is 12.4 Å². The van der Waals surface area contributed by atoms with Gasteiger partial charge in [-0.25, -0.2) is 0 Å². The second-order valence-electron chi connectivity index (χ2n) is 3.44. The Balaban J connectivity index is 3.05. The Labute approximate surface area is 88.2 Å². The number of nitro benzene ring substituents is 1. The molecule has 1 aromatic rings. The number of hydrogen-bond acceptors (Lipinski definition) is 4. The summed E-state index contributed by atoms with van der Waals surface area (Å²) in [4.78, 5) is 10.3. The molecular formula is C10H14N2O3. The van der Waals surface area contributed by atoms with Crippen molar-refractivity contribution >= 4 is 11.4 Å². The Hall–Kier alpha value is -1.78. The average Bonchev–Trinajstić information content (AvgIpc) is 2.16. The summed E-state index contributed by atoms with van der Waals surface area (Å²) >= 11 is 0. The molecule has 5 nitrogen and oxygen atoms in total. The molecule has 1 aromatic carbocycles. The van der Waals surface area contributed by atoms with E-state index in [9.17, 15) is 10.1 Å². The first-order valence-electron chi connectivity index (χ1n) is 4.63. The summed E-state index contributed by atoms with van der Waals surface area (Å²) in [5.74, 6) is 0.273. The fourth-order valence-electron chi connectivity index (χ4n) is 1.26. The first-order chi connectivity index (χ1) is 7.04. The molecule has 0 aliphatic carbocycles. The quantitative estimate of drug-likeness (QED) is 0.612. The summed E-state index contributed by atoms with van der Waals surface area (Å²) in [5, 5.41) is 13.8. The summed E-state index contributed by atoms with van der Waals surface area (Å²) in [6, 6.07) is 5.05. The normalized spacial score (nSPS) is 10.1. The second kappa shape index (κ2) is 4.63. The molecule has 1 N–H and O–H groups in total. The Morgan fingerprint density at radius 3 is 2.60 bits per heavy atom. The molecule has 0 amide bonds. The highest BCUT2D eigenvalue weighted by molar-refractivity contribution is 5.58. The molecule has 0 bridgehead atoms. The van der Waals surface area contributed by atoms with E-state index in [1.54, 1.807) is 12.1 Å². The van der Waals surface area contributed by atoms with Crippen LogP contribution in [-0.2, 0) is 0 Å². The lowest BCUT2D eigenvalue weighted by atomic mass is 10.2. The lowest BCUT2D eigenvalue weighted by Crippen LogP contribution is -2.09. The van der Waals surface area contributed by atoms with Crippen molar-refractivity contribution in [3.8, 4) is 5.75 Å². The van der Waals surface area contributed by atoms with Gasteiger partial charge < -0.3 is 10.1 Å². The van der Waals surface area contributed by atoms with Gasteiger partial charge in [0.2, 0.25) is 0 Å². The molecular weight excluding hydrogens is 196 g/mol. The minimum absolute atomic E-state index is 0.0249. The molecule has 82 valence electrons. The van der Waals surface area contributed by atoms with Gasteiger partial charge in [-0.1, -0.05) is 0 Å². The Morgan fingerprint density at radius 2 is 2.13 bits per heavy atom. The van der Waals surface area contributed by atoms with Crippen molar-refractivity contribution in [1.29, 1.82) is 0 Å². The predicted octanol–water partition coefficient (Wildman–Crippen LogP) is 2.42. The van der Waals surface area contributed by atoms with Gasteiger partial charge in [0, 0.05) is 17.8 Å². The summed E-state index contributed by atoms with van der Waals surface area (Å²) in [6.45, 7) is 3.94. The minimum atomic E-state index is -0.454. The number of nitro groups is 1. The third-order valence-electron chi connectivity index (χ3n) is 1.83. The van der Waals surface area contributed by atoms with E-state index in [-0.39, 0.29) is 17.5 Å². The summed E-state index contributed by atoms with van der Waals surface area (Å²) in [6.07, 6.45) is 0. The molecule has 0 aliphatic heterocycles. The molecule has 0 fully saturated rings. The number of nitrogens with one attached hydrogen (secondary N) is 1. The van der Waals surface area contributed by atoms with Crippen molar-refractivity contribution < 1.29 is 9.66 Å². The van der Waals surface area contributed by atoms with E-state index in [4.69, 9.17) is 4.74 Å². The number of nitrogens with zero attached hydrogens (tertiary/aromatic N) is 1. The van der Waals surface area contributed by atoms with E-state index >= 15 is 0 Å². The van der Waals surface area contributed by atoms with Gasteiger partial charge in [-0.05, 0) is 26.0 Å². The van der Waals surface area contributed by atoms with Crippen LogP contribution in [0.3, 0.4) is 0 Å². The van der Waals surface area contributed by atoms with Gasteiger partial charge in [0.05, 0.1) is 12.0 Å². The van der Waals surface area contributed by atoms with Crippen LogP contribution in [-0.4, -0.2) is 18.1 Å². The van der Waals surface area contributed by atoms with E-state index in [0.29, 0.717) is 0 Å². The van der Waals surface area contributed by atoms with Crippen LogP contribution in [0.5, 0.6) is 5.75 Å². The van der Waals surface area contributed by atoms with E-state index in [1.165, 1.54) is 13.2 Å². The number of rotatable bonds is 4. The van der Waals surface area contributed by atoms with Gasteiger partial charge in [-0.3, -0.25) is 10.1 Å². The van der Waals surface area contributed by atoms with Crippen molar-refractivity contribution in [1.82, 2.24) is 0 Å². The first-order valence-corrected chi connectivity index (χ1v) is 4.63. The summed E-state index contributed by atoms with van der Waals surface area (Å²) in [7, 11) is 1.41. The molecule has 0 spiro atoms. The zero-order valence-electron chi connectivity index (χ0n) is 8.98. The van der Waals surface area contributed by atoms with Gasteiger partial charge in [-0.15, -0.1) is 0 Å². The summed E-state index contributed by atoms with van der Waals surface area (Å²) < 4.78 is 4.90. The lowest BCUT2D eigenvalue weighted by molar-refractivity contribution is -0.385. The van der Waals surface area contributed by atoms with Crippen LogP contribution in [0.15, 0.2) is 18.2 Å². The molecule has 1 rings (SSSR count). The molecule has 0 radical (unpaired) electrons. The molecule has 15 heavy (non-hydrogen) atoms. The molecule has 5 heteroatoms.